The Balaban J connectivity index is 2.16. The highest BCUT2D eigenvalue weighted by molar-refractivity contribution is 7.92. The molecule has 1 aliphatic heterocycles. The molecule has 0 aliphatic carbocycles. The molecule has 1 aromatic heterocycles. The molecule has 180 valence electrons. The number of carbonyl (C=O) groups excluding carboxylic acids is 2. The maximum absolute atomic E-state index is 13.6. The number of methoxy groups -OCH3 is 1. The smallest absolute Gasteiger partial charge is 0.247 e. The Labute approximate surface area is 199 Å². The molecule has 1 amide bonds. The normalized spacial score (nSPS) is 14.3. The molecule has 1 aliphatic rings. The molecule has 2 heterocycles. The highest BCUT2D eigenvalue weighted by atomic mass is 32.2. The minimum atomic E-state index is -4.27. The van der Waals surface area contributed by atoms with E-state index < -0.39 is 27.6 Å². The van der Waals surface area contributed by atoms with Crippen molar-refractivity contribution in [2.45, 2.75) is 38.4 Å². The fourth-order valence-electron chi connectivity index (χ4n) is 3.90. The molecule has 1 saturated heterocycles. The van der Waals surface area contributed by atoms with E-state index in [0.29, 0.717) is 42.2 Å². The van der Waals surface area contributed by atoms with Gasteiger partial charge in [-0.25, -0.2) is 8.42 Å². The number of ketones is 1. The first kappa shape index (κ1) is 25.3. The van der Waals surface area contributed by atoms with E-state index in [1.54, 1.807) is 30.3 Å². The summed E-state index contributed by atoms with van der Waals surface area (Å²) in [6, 6.07) is 11.7. The number of benzene rings is 1. The van der Waals surface area contributed by atoms with Crippen LogP contribution in [0.25, 0.3) is 0 Å². The number of anilines is 1. The van der Waals surface area contributed by atoms with E-state index in [1.165, 1.54) is 13.2 Å². The van der Waals surface area contributed by atoms with Gasteiger partial charge in [0, 0.05) is 12.3 Å². The van der Waals surface area contributed by atoms with Crippen molar-refractivity contribution in [2.24, 2.45) is 5.92 Å². The van der Waals surface area contributed by atoms with Crippen molar-refractivity contribution in [1.29, 1.82) is 5.26 Å². The predicted octanol–water partition coefficient (Wildman–Crippen LogP) is 2.81. The van der Waals surface area contributed by atoms with Crippen LogP contribution in [0.15, 0.2) is 36.4 Å². The molecule has 1 aromatic carbocycles. The lowest BCUT2D eigenvalue weighted by Crippen LogP contribution is -2.45. The zero-order chi connectivity index (χ0) is 24.7. The molecule has 3 rings (SSSR count). The minimum absolute atomic E-state index is 0.0828. The predicted molar refractivity (Wildman–Crippen MR) is 127 cm³/mol. The van der Waals surface area contributed by atoms with Gasteiger partial charge < -0.3 is 10.1 Å². The summed E-state index contributed by atoms with van der Waals surface area (Å²) in [4.78, 5) is 30.4. The average molecular weight is 485 g/mol. The van der Waals surface area contributed by atoms with Gasteiger partial charge in [0.15, 0.2) is 11.6 Å². The Morgan fingerprint density at radius 3 is 2.50 bits per heavy atom. The summed E-state index contributed by atoms with van der Waals surface area (Å²) in [7, 11) is -2.96. The quantitative estimate of drug-likeness (QED) is 0.538. The summed E-state index contributed by atoms with van der Waals surface area (Å²) in [5.41, 5.74) is 0.393. The summed E-state index contributed by atoms with van der Waals surface area (Å²) in [6.45, 7) is 3.00. The zero-order valence-corrected chi connectivity index (χ0v) is 20.1. The standard InChI is InChI=1S/C24H28N4O5S/c1-3-7-21(29)20-14-19(15-25)22(27-23(20)33-2)28(24(30)18-10-12-26-13-11-18)34(31,32)16-17-8-5-4-6-9-17/h4-6,8-9,14,18,26H,3,7,10-13,16H2,1-2H3. The number of rotatable bonds is 9. The van der Waals surface area contributed by atoms with Crippen molar-refractivity contribution in [2.75, 3.05) is 24.5 Å². The molecule has 0 radical (unpaired) electrons. The largest absolute Gasteiger partial charge is 0.480 e. The third-order valence-corrected chi connectivity index (χ3v) is 7.22. The maximum Gasteiger partial charge on any atom is 0.247 e. The van der Waals surface area contributed by atoms with Gasteiger partial charge in [-0.1, -0.05) is 37.3 Å². The first-order valence-corrected chi connectivity index (χ1v) is 12.8. The lowest BCUT2D eigenvalue weighted by atomic mass is 9.97. The number of carbonyl (C=O) groups is 2. The lowest BCUT2D eigenvalue weighted by molar-refractivity contribution is -0.121. The Morgan fingerprint density at radius 1 is 1.24 bits per heavy atom. The van der Waals surface area contributed by atoms with Crippen molar-refractivity contribution in [3.8, 4) is 11.9 Å². The molecule has 9 nitrogen and oxygen atoms in total. The number of nitriles is 1. The van der Waals surface area contributed by atoms with Crippen molar-refractivity contribution < 1.29 is 22.7 Å². The van der Waals surface area contributed by atoms with E-state index in [1.807, 2.05) is 13.0 Å². The van der Waals surface area contributed by atoms with Crippen LogP contribution in [0.2, 0.25) is 0 Å². The SMILES string of the molecule is CCCC(=O)c1cc(C#N)c(N(C(=O)C2CCNCC2)S(=O)(=O)Cc2ccccc2)nc1OC. The van der Waals surface area contributed by atoms with Crippen LogP contribution in [0.3, 0.4) is 0 Å². The van der Waals surface area contributed by atoms with Crippen molar-refractivity contribution in [3.05, 3.63) is 53.1 Å². The van der Waals surface area contributed by atoms with E-state index in [9.17, 15) is 23.3 Å². The van der Waals surface area contributed by atoms with Crippen LogP contribution < -0.4 is 14.4 Å². The molecule has 34 heavy (non-hydrogen) atoms. The number of nitrogens with one attached hydrogen (secondary N) is 1. The number of pyridine rings is 1. The third kappa shape index (κ3) is 5.61. The topological polar surface area (TPSA) is 129 Å². The van der Waals surface area contributed by atoms with Crippen LogP contribution in [0.5, 0.6) is 5.88 Å². The monoisotopic (exact) mass is 484 g/mol. The Morgan fingerprint density at radius 2 is 1.91 bits per heavy atom. The zero-order valence-electron chi connectivity index (χ0n) is 19.3. The lowest BCUT2D eigenvalue weighted by Gasteiger charge is -2.29. The van der Waals surface area contributed by atoms with Crippen LogP contribution in [0.4, 0.5) is 5.82 Å². The van der Waals surface area contributed by atoms with Gasteiger partial charge in [0.2, 0.25) is 21.8 Å². The fourth-order valence-corrected chi connectivity index (χ4v) is 5.47. The van der Waals surface area contributed by atoms with Gasteiger partial charge in [0.1, 0.15) is 6.07 Å². The molecule has 0 bridgehead atoms. The second kappa shape index (κ2) is 11.2. The van der Waals surface area contributed by atoms with Gasteiger partial charge in [-0.15, -0.1) is 0 Å². The number of hydrogen-bond donors (Lipinski definition) is 1. The summed E-state index contributed by atoms with van der Waals surface area (Å²) in [5, 5.41) is 13.0. The molecular weight excluding hydrogens is 456 g/mol. The number of Topliss-reactive ketones (excluding diaryl/α,β-unsaturated/α-hetero) is 1. The number of nitrogens with zero attached hydrogens (tertiary/aromatic N) is 3. The molecule has 2 aromatic rings. The van der Waals surface area contributed by atoms with Crippen LogP contribution in [-0.2, 0) is 20.6 Å². The number of sulfonamides is 1. The molecular formula is C24H28N4O5S. The highest BCUT2D eigenvalue weighted by Gasteiger charge is 2.38. The van der Waals surface area contributed by atoms with Crippen molar-refractivity contribution in [3.63, 3.8) is 0 Å². The molecule has 0 saturated carbocycles. The Kier molecular flexibility index (Phi) is 8.36. The second-order valence-electron chi connectivity index (χ2n) is 8.07. The van der Waals surface area contributed by atoms with Gasteiger partial charge in [0.25, 0.3) is 0 Å². The highest BCUT2D eigenvalue weighted by Crippen LogP contribution is 2.32. The molecule has 10 heteroatoms. The van der Waals surface area contributed by atoms with Crippen molar-refractivity contribution >= 4 is 27.5 Å². The third-order valence-electron chi connectivity index (χ3n) is 5.61. The number of hydrogen-bond acceptors (Lipinski definition) is 8. The molecule has 0 atom stereocenters. The van der Waals surface area contributed by atoms with Gasteiger partial charge in [-0.2, -0.15) is 14.6 Å². The molecule has 0 unspecified atom stereocenters. The van der Waals surface area contributed by atoms with E-state index in [-0.39, 0.29) is 35.0 Å². The minimum Gasteiger partial charge on any atom is -0.480 e. The van der Waals surface area contributed by atoms with Gasteiger partial charge in [-0.3, -0.25) is 9.59 Å². The van der Waals surface area contributed by atoms with E-state index in [4.69, 9.17) is 4.74 Å². The molecule has 0 spiro atoms. The van der Waals surface area contributed by atoms with Gasteiger partial charge in [0.05, 0.1) is 24.0 Å². The Hall–Kier alpha value is -3.29. The fraction of sp³-hybridized carbons (Fsp3) is 0.417. The molecule has 1 fully saturated rings. The summed E-state index contributed by atoms with van der Waals surface area (Å²) < 4.78 is 33.1. The second-order valence-corrected chi connectivity index (χ2v) is 9.89. The number of aromatic nitrogens is 1. The van der Waals surface area contributed by atoms with Crippen LogP contribution in [0.1, 0.15) is 54.1 Å². The summed E-state index contributed by atoms with van der Waals surface area (Å²) >= 11 is 0. The van der Waals surface area contributed by atoms with Gasteiger partial charge in [-0.05, 0) is 44.0 Å². The average Bonchev–Trinajstić information content (AvgIpc) is 2.84. The first-order chi connectivity index (χ1) is 16.3. The summed E-state index contributed by atoms with van der Waals surface area (Å²) in [5.74, 6) is -2.38. The Bertz CT molecular complexity index is 1190. The summed E-state index contributed by atoms with van der Waals surface area (Å²) in [6.07, 6.45) is 1.72. The first-order valence-electron chi connectivity index (χ1n) is 11.2. The number of amides is 1. The number of piperidine rings is 1. The van der Waals surface area contributed by atoms with Crippen LogP contribution >= 0.6 is 0 Å². The van der Waals surface area contributed by atoms with Crippen molar-refractivity contribution in [1.82, 2.24) is 10.3 Å². The maximum atomic E-state index is 13.6. The number of ether oxygens (including phenoxy) is 1. The van der Waals surface area contributed by atoms with E-state index in [0.717, 1.165) is 0 Å². The molecule has 1 N–H and O–H groups in total. The van der Waals surface area contributed by atoms with Crippen LogP contribution in [0, 0.1) is 17.2 Å². The van der Waals surface area contributed by atoms with Gasteiger partial charge >= 0.3 is 0 Å². The van der Waals surface area contributed by atoms with Crippen LogP contribution in [-0.4, -0.2) is 45.3 Å². The van der Waals surface area contributed by atoms with E-state index >= 15 is 0 Å². The van der Waals surface area contributed by atoms with E-state index in [2.05, 4.69) is 10.3 Å².